The van der Waals surface area contributed by atoms with Crippen LogP contribution in [-0.4, -0.2) is 27.9 Å². The molecule has 6 nitrogen and oxygen atoms in total. The van der Waals surface area contributed by atoms with Gasteiger partial charge in [-0.15, -0.1) is 0 Å². The summed E-state index contributed by atoms with van der Waals surface area (Å²) in [6.45, 7) is 1.59. The van der Waals surface area contributed by atoms with Crippen molar-refractivity contribution in [1.29, 1.82) is 0 Å². The average molecular weight is 302 g/mol. The standard InChI is InChI=1S/C16H18N2O4/c1-12-14(8-7-13-5-3-2-4-6-13)18(11-22-10-9-19)16(21)17-15(12)20/h2-8,19H,9-11H2,1H3,(H,17,20,21)/b8-7+. The highest BCUT2D eigenvalue weighted by molar-refractivity contribution is 5.69. The fourth-order valence-corrected chi connectivity index (χ4v) is 1.99. The smallest absolute Gasteiger partial charge is 0.330 e. The van der Waals surface area contributed by atoms with Gasteiger partial charge in [0, 0.05) is 5.56 Å². The lowest BCUT2D eigenvalue weighted by Crippen LogP contribution is -2.34. The van der Waals surface area contributed by atoms with E-state index in [1.54, 1.807) is 13.0 Å². The van der Waals surface area contributed by atoms with Crippen LogP contribution < -0.4 is 11.2 Å². The second kappa shape index (κ2) is 7.53. The molecule has 1 aromatic heterocycles. The molecule has 22 heavy (non-hydrogen) atoms. The van der Waals surface area contributed by atoms with Gasteiger partial charge in [0.05, 0.1) is 18.9 Å². The molecule has 0 fully saturated rings. The molecule has 116 valence electrons. The zero-order valence-corrected chi connectivity index (χ0v) is 12.3. The molecule has 0 aliphatic heterocycles. The summed E-state index contributed by atoms with van der Waals surface area (Å²) in [5.74, 6) is 0. The summed E-state index contributed by atoms with van der Waals surface area (Å²) in [7, 11) is 0. The average Bonchev–Trinajstić information content (AvgIpc) is 2.52. The van der Waals surface area contributed by atoms with Crippen molar-refractivity contribution in [1.82, 2.24) is 9.55 Å². The quantitative estimate of drug-likeness (QED) is 0.779. The highest BCUT2D eigenvalue weighted by Crippen LogP contribution is 2.08. The molecule has 0 aliphatic rings. The molecule has 1 aromatic carbocycles. The van der Waals surface area contributed by atoms with Crippen LogP contribution in [0.5, 0.6) is 0 Å². The Balaban J connectivity index is 2.41. The molecule has 0 bridgehead atoms. The topological polar surface area (TPSA) is 84.3 Å². The third-order valence-electron chi connectivity index (χ3n) is 3.17. The van der Waals surface area contributed by atoms with Crippen molar-refractivity contribution >= 4 is 12.2 Å². The fraction of sp³-hybridized carbons (Fsp3) is 0.250. The van der Waals surface area contributed by atoms with Crippen LogP contribution >= 0.6 is 0 Å². The minimum Gasteiger partial charge on any atom is -0.394 e. The van der Waals surface area contributed by atoms with E-state index in [9.17, 15) is 9.59 Å². The van der Waals surface area contributed by atoms with E-state index >= 15 is 0 Å². The van der Waals surface area contributed by atoms with Gasteiger partial charge in [0.1, 0.15) is 6.73 Å². The van der Waals surface area contributed by atoms with Crippen LogP contribution in [0.4, 0.5) is 0 Å². The van der Waals surface area contributed by atoms with Gasteiger partial charge in [0.15, 0.2) is 0 Å². The second-order valence-electron chi connectivity index (χ2n) is 4.70. The summed E-state index contributed by atoms with van der Waals surface area (Å²) >= 11 is 0. The molecule has 0 atom stereocenters. The Bertz CT molecular complexity index is 760. The largest absolute Gasteiger partial charge is 0.394 e. The molecule has 6 heteroatoms. The lowest BCUT2D eigenvalue weighted by Gasteiger charge is -2.11. The molecule has 0 saturated carbocycles. The highest BCUT2D eigenvalue weighted by atomic mass is 16.5. The highest BCUT2D eigenvalue weighted by Gasteiger charge is 2.09. The molecule has 0 radical (unpaired) electrons. The van der Waals surface area contributed by atoms with Crippen LogP contribution in [0, 0.1) is 6.92 Å². The fourth-order valence-electron chi connectivity index (χ4n) is 1.99. The summed E-state index contributed by atoms with van der Waals surface area (Å²) in [4.78, 5) is 26.0. The number of H-pyrrole nitrogens is 1. The maximum Gasteiger partial charge on any atom is 0.330 e. The molecule has 2 N–H and O–H groups in total. The van der Waals surface area contributed by atoms with E-state index < -0.39 is 11.2 Å². The molecule has 0 amide bonds. The molecule has 0 spiro atoms. The van der Waals surface area contributed by atoms with Crippen molar-refractivity contribution in [2.75, 3.05) is 13.2 Å². The summed E-state index contributed by atoms with van der Waals surface area (Å²) < 4.78 is 6.52. The van der Waals surface area contributed by atoms with Crippen LogP contribution in [0.25, 0.3) is 12.2 Å². The van der Waals surface area contributed by atoms with Crippen LogP contribution in [-0.2, 0) is 11.5 Å². The Morgan fingerprint density at radius 3 is 2.64 bits per heavy atom. The third kappa shape index (κ3) is 3.81. The minimum absolute atomic E-state index is 0.0362. The van der Waals surface area contributed by atoms with E-state index in [-0.39, 0.29) is 19.9 Å². The first-order chi connectivity index (χ1) is 10.6. The van der Waals surface area contributed by atoms with E-state index in [1.165, 1.54) is 4.57 Å². The predicted molar refractivity (Wildman–Crippen MR) is 84.5 cm³/mol. The predicted octanol–water partition coefficient (Wildman–Crippen LogP) is 0.982. The van der Waals surface area contributed by atoms with Gasteiger partial charge in [-0.1, -0.05) is 36.4 Å². The molecule has 2 aromatic rings. The Morgan fingerprint density at radius 1 is 1.23 bits per heavy atom. The van der Waals surface area contributed by atoms with Crippen molar-refractivity contribution in [2.24, 2.45) is 0 Å². The molecule has 2 rings (SSSR count). The normalized spacial score (nSPS) is 11.2. The number of aromatic amines is 1. The van der Waals surface area contributed by atoms with Gasteiger partial charge in [-0.05, 0) is 18.6 Å². The number of aliphatic hydroxyl groups is 1. The first-order valence-corrected chi connectivity index (χ1v) is 6.89. The van der Waals surface area contributed by atoms with E-state index in [1.807, 2.05) is 36.4 Å². The monoisotopic (exact) mass is 302 g/mol. The van der Waals surface area contributed by atoms with Crippen molar-refractivity contribution in [3.05, 3.63) is 68.0 Å². The lowest BCUT2D eigenvalue weighted by atomic mass is 10.1. The number of rotatable bonds is 6. The van der Waals surface area contributed by atoms with Crippen LogP contribution in [0.1, 0.15) is 16.8 Å². The molecular formula is C16H18N2O4. The maximum absolute atomic E-state index is 11.9. The SMILES string of the molecule is Cc1c(/C=C/c2ccccc2)n(COCCO)c(=O)[nH]c1=O. The number of aliphatic hydroxyl groups excluding tert-OH is 1. The first kappa shape index (κ1) is 15.9. The minimum atomic E-state index is -0.541. The lowest BCUT2D eigenvalue weighted by molar-refractivity contribution is 0.0452. The van der Waals surface area contributed by atoms with Crippen LogP contribution in [0.3, 0.4) is 0 Å². The van der Waals surface area contributed by atoms with E-state index in [0.717, 1.165) is 5.56 Å². The second-order valence-corrected chi connectivity index (χ2v) is 4.70. The van der Waals surface area contributed by atoms with Gasteiger partial charge >= 0.3 is 5.69 Å². The molecule has 0 saturated heterocycles. The number of benzene rings is 1. The molecular weight excluding hydrogens is 284 g/mol. The Morgan fingerprint density at radius 2 is 1.95 bits per heavy atom. The van der Waals surface area contributed by atoms with Gasteiger partial charge in [-0.3, -0.25) is 14.3 Å². The Labute approximate surface area is 127 Å². The van der Waals surface area contributed by atoms with Crippen molar-refractivity contribution in [3.8, 4) is 0 Å². The first-order valence-electron chi connectivity index (χ1n) is 6.89. The van der Waals surface area contributed by atoms with Gasteiger partial charge in [0.2, 0.25) is 0 Å². The number of nitrogens with one attached hydrogen (secondary N) is 1. The number of nitrogens with zero attached hydrogens (tertiary/aromatic N) is 1. The van der Waals surface area contributed by atoms with Gasteiger partial charge in [-0.25, -0.2) is 4.79 Å². The van der Waals surface area contributed by atoms with Crippen molar-refractivity contribution in [3.63, 3.8) is 0 Å². The summed E-state index contributed by atoms with van der Waals surface area (Å²) in [5, 5.41) is 8.75. The molecule has 1 heterocycles. The number of aromatic nitrogens is 2. The Hall–Kier alpha value is -2.44. The van der Waals surface area contributed by atoms with Gasteiger partial charge in [0.25, 0.3) is 5.56 Å². The molecule has 0 unspecified atom stereocenters. The van der Waals surface area contributed by atoms with Crippen LogP contribution in [0.2, 0.25) is 0 Å². The zero-order chi connectivity index (χ0) is 15.9. The summed E-state index contributed by atoms with van der Waals surface area (Å²) in [6.07, 6.45) is 3.54. The van der Waals surface area contributed by atoms with Gasteiger partial charge in [-0.2, -0.15) is 0 Å². The Kier molecular flexibility index (Phi) is 5.46. The third-order valence-corrected chi connectivity index (χ3v) is 3.17. The summed E-state index contributed by atoms with van der Waals surface area (Å²) in [6, 6.07) is 9.56. The zero-order valence-electron chi connectivity index (χ0n) is 12.3. The van der Waals surface area contributed by atoms with E-state index in [4.69, 9.17) is 9.84 Å². The molecule has 0 aliphatic carbocycles. The number of ether oxygens (including phenoxy) is 1. The van der Waals surface area contributed by atoms with Crippen LogP contribution in [0.15, 0.2) is 39.9 Å². The number of hydrogen-bond donors (Lipinski definition) is 2. The maximum atomic E-state index is 11.9. The van der Waals surface area contributed by atoms with Gasteiger partial charge < -0.3 is 9.84 Å². The number of hydrogen-bond acceptors (Lipinski definition) is 4. The summed E-state index contributed by atoms with van der Waals surface area (Å²) in [5.41, 5.74) is 0.907. The van der Waals surface area contributed by atoms with E-state index in [0.29, 0.717) is 11.3 Å². The van der Waals surface area contributed by atoms with Crippen molar-refractivity contribution < 1.29 is 9.84 Å². The van der Waals surface area contributed by atoms with E-state index in [2.05, 4.69) is 4.98 Å². The van der Waals surface area contributed by atoms with Crippen molar-refractivity contribution in [2.45, 2.75) is 13.7 Å².